The number of piperidine rings is 1. The number of aliphatic imine (C=N–C) groups is 1. The lowest BCUT2D eigenvalue weighted by molar-refractivity contribution is 0.150. The first-order chi connectivity index (χ1) is 10.2. The summed E-state index contributed by atoms with van der Waals surface area (Å²) in [5.41, 5.74) is 13.3. The maximum atomic E-state index is 11.7. The fraction of sp³-hybridized carbons (Fsp3) is 0.467. The average Bonchev–Trinajstić information content (AvgIpc) is 2.54. The van der Waals surface area contributed by atoms with Gasteiger partial charge in [-0.2, -0.15) is 0 Å². The summed E-state index contributed by atoms with van der Waals surface area (Å²) in [7, 11) is 0. The van der Waals surface area contributed by atoms with Crippen LogP contribution in [0, 0.1) is 0 Å². The highest BCUT2D eigenvalue weighted by molar-refractivity contribution is 5.89. The molecule has 2 rings (SSSR count). The second-order valence-electron chi connectivity index (χ2n) is 5.09. The minimum absolute atomic E-state index is 0.181. The Morgan fingerprint density at radius 2 is 1.76 bits per heavy atom. The van der Waals surface area contributed by atoms with E-state index in [1.807, 2.05) is 29.2 Å². The smallest absolute Gasteiger partial charge is 0.437 e. The van der Waals surface area contributed by atoms with Gasteiger partial charge < -0.3 is 21.1 Å². The molecule has 6 nitrogen and oxygen atoms in total. The third kappa shape index (κ3) is 4.75. The zero-order valence-electron chi connectivity index (χ0n) is 12.1. The van der Waals surface area contributed by atoms with Crippen molar-refractivity contribution in [3.8, 4) is 0 Å². The molecule has 0 radical (unpaired) electrons. The molecule has 0 aliphatic carbocycles. The van der Waals surface area contributed by atoms with Crippen LogP contribution in [-0.2, 0) is 17.9 Å². The Hall–Kier alpha value is -2.08. The van der Waals surface area contributed by atoms with Gasteiger partial charge in [0.15, 0.2) is 0 Å². The molecular formula is C15H22N4O2. The van der Waals surface area contributed by atoms with E-state index in [1.54, 1.807) is 0 Å². The van der Waals surface area contributed by atoms with E-state index in [0.717, 1.165) is 37.1 Å². The minimum Gasteiger partial charge on any atom is -0.443 e. The van der Waals surface area contributed by atoms with Gasteiger partial charge in [0.25, 0.3) is 0 Å². The van der Waals surface area contributed by atoms with E-state index in [2.05, 4.69) is 4.99 Å². The summed E-state index contributed by atoms with van der Waals surface area (Å²) < 4.78 is 5.10. The van der Waals surface area contributed by atoms with Gasteiger partial charge in [-0.05, 0) is 30.4 Å². The summed E-state index contributed by atoms with van der Waals surface area (Å²) in [6.45, 7) is 2.38. The summed E-state index contributed by atoms with van der Waals surface area (Å²) in [5, 5.41) is 0. The van der Waals surface area contributed by atoms with E-state index in [1.165, 1.54) is 6.42 Å². The maximum absolute atomic E-state index is 11.7. The van der Waals surface area contributed by atoms with Crippen molar-refractivity contribution in [2.24, 2.45) is 16.5 Å². The molecule has 1 heterocycles. The van der Waals surface area contributed by atoms with Crippen LogP contribution in [0.2, 0.25) is 0 Å². The largest absolute Gasteiger partial charge is 0.443 e. The topological polar surface area (TPSA) is 93.9 Å². The molecule has 0 unspecified atom stereocenters. The number of ether oxygens (including phenoxy) is 1. The van der Waals surface area contributed by atoms with Gasteiger partial charge >= 0.3 is 6.09 Å². The highest BCUT2D eigenvalue weighted by atomic mass is 16.5. The lowest BCUT2D eigenvalue weighted by Crippen LogP contribution is -2.41. The molecule has 1 fully saturated rings. The molecule has 4 N–H and O–H groups in total. The minimum atomic E-state index is -0.652. The molecule has 21 heavy (non-hydrogen) atoms. The predicted octanol–water partition coefficient (Wildman–Crippen LogP) is 1.58. The van der Waals surface area contributed by atoms with Crippen LogP contribution in [0.15, 0.2) is 29.3 Å². The van der Waals surface area contributed by atoms with Crippen LogP contribution in [0.5, 0.6) is 0 Å². The van der Waals surface area contributed by atoms with Crippen LogP contribution in [0.1, 0.15) is 30.4 Å². The number of carbonyl (C=O) groups excluding carboxylic acids is 1. The molecule has 6 heteroatoms. The first kappa shape index (κ1) is 15.3. The van der Waals surface area contributed by atoms with Crippen molar-refractivity contribution in [3.63, 3.8) is 0 Å². The average molecular weight is 290 g/mol. The first-order valence-electron chi connectivity index (χ1n) is 7.23. The second kappa shape index (κ2) is 7.64. The Morgan fingerprint density at radius 1 is 1.14 bits per heavy atom. The Kier molecular flexibility index (Phi) is 5.57. The fourth-order valence-electron chi connectivity index (χ4n) is 2.24. The first-order valence-corrected chi connectivity index (χ1v) is 7.23. The second-order valence-corrected chi connectivity index (χ2v) is 5.09. The van der Waals surface area contributed by atoms with Crippen molar-refractivity contribution in [2.75, 3.05) is 13.1 Å². The van der Waals surface area contributed by atoms with E-state index in [4.69, 9.17) is 16.2 Å². The van der Waals surface area contributed by atoms with Gasteiger partial charge in [0, 0.05) is 19.6 Å². The zero-order chi connectivity index (χ0) is 15.1. The Morgan fingerprint density at radius 3 is 2.38 bits per heavy atom. The molecule has 114 valence electrons. The van der Waals surface area contributed by atoms with Gasteiger partial charge in [0.1, 0.15) is 6.61 Å². The molecule has 1 saturated heterocycles. The number of likely N-dealkylation sites (tertiary alicyclic amines) is 1. The molecule has 1 aliphatic rings. The van der Waals surface area contributed by atoms with E-state index in [0.29, 0.717) is 6.54 Å². The van der Waals surface area contributed by atoms with Gasteiger partial charge in [-0.25, -0.2) is 4.79 Å². The maximum Gasteiger partial charge on any atom is 0.437 e. The van der Waals surface area contributed by atoms with Gasteiger partial charge in [0.2, 0.25) is 5.96 Å². The quantitative estimate of drug-likeness (QED) is 0.651. The number of guanidine groups is 1. The number of amides is 1. The summed E-state index contributed by atoms with van der Waals surface area (Å²) >= 11 is 0. The lowest BCUT2D eigenvalue weighted by atomic mass is 10.1. The normalized spacial score (nSPS) is 15.9. The summed E-state index contributed by atoms with van der Waals surface area (Å²) in [4.78, 5) is 17.4. The SMILES string of the molecule is NCc1ccc(COC(=O)N=C(N)N2CCCCC2)cc1. The number of rotatable bonds is 3. The Bertz CT molecular complexity index is 493. The highest BCUT2D eigenvalue weighted by Crippen LogP contribution is 2.09. The molecule has 1 amide bonds. The zero-order valence-corrected chi connectivity index (χ0v) is 12.1. The van der Waals surface area contributed by atoms with Crippen LogP contribution in [0.3, 0.4) is 0 Å². The Balaban J connectivity index is 1.82. The lowest BCUT2D eigenvalue weighted by Gasteiger charge is -2.27. The van der Waals surface area contributed by atoms with Crippen molar-refractivity contribution < 1.29 is 9.53 Å². The molecule has 1 aliphatic heterocycles. The summed E-state index contributed by atoms with van der Waals surface area (Å²) in [5.74, 6) is 0.248. The van der Waals surface area contributed by atoms with Crippen LogP contribution < -0.4 is 11.5 Å². The number of hydrogen-bond donors (Lipinski definition) is 2. The highest BCUT2D eigenvalue weighted by Gasteiger charge is 2.13. The fourth-order valence-corrected chi connectivity index (χ4v) is 2.24. The van der Waals surface area contributed by atoms with Gasteiger partial charge in [-0.1, -0.05) is 24.3 Å². The number of benzene rings is 1. The van der Waals surface area contributed by atoms with Crippen molar-refractivity contribution >= 4 is 12.1 Å². The third-order valence-corrected chi connectivity index (χ3v) is 3.51. The molecule has 1 aromatic carbocycles. The van der Waals surface area contributed by atoms with E-state index in [-0.39, 0.29) is 12.6 Å². The van der Waals surface area contributed by atoms with Crippen LogP contribution >= 0.6 is 0 Å². The van der Waals surface area contributed by atoms with Crippen molar-refractivity contribution in [1.82, 2.24) is 4.90 Å². The summed E-state index contributed by atoms with van der Waals surface area (Å²) in [6.07, 6.45) is 2.71. The van der Waals surface area contributed by atoms with Gasteiger partial charge in [-0.15, -0.1) is 4.99 Å². The van der Waals surface area contributed by atoms with Crippen molar-refractivity contribution in [1.29, 1.82) is 0 Å². The van der Waals surface area contributed by atoms with E-state index >= 15 is 0 Å². The molecule has 0 spiro atoms. The van der Waals surface area contributed by atoms with Gasteiger partial charge in [0.05, 0.1) is 0 Å². The number of nitrogens with zero attached hydrogens (tertiary/aromatic N) is 2. The molecular weight excluding hydrogens is 268 g/mol. The predicted molar refractivity (Wildman–Crippen MR) is 81.6 cm³/mol. The Labute approximate surface area is 124 Å². The van der Waals surface area contributed by atoms with Crippen LogP contribution in [-0.4, -0.2) is 30.0 Å². The summed E-state index contributed by atoms with van der Waals surface area (Å²) in [6, 6.07) is 7.59. The van der Waals surface area contributed by atoms with Gasteiger partial charge in [-0.3, -0.25) is 0 Å². The molecule has 1 aromatic rings. The molecule has 0 aromatic heterocycles. The number of nitrogens with two attached hydrogens (primary N) is 2. The van der Waals surface area contributed by atoms with Crippen molar-refractivity contribution in [3.05, 3.63) is 35.4 Å². The van der Waals surface area contributed by atoms with Crippen molar-refractivity contribution in [2.45, 2.75) is 32.4 Å². The monoisotopic (exact) mass is 290 g/mol. The van der Waals surface area contributed by atoms with E-state index in [9.17, 15) is 4.79 Å². The molecule has 0 bridgehead atoms. The van der Waals surface area contributed by atoms with Crippen LogP contribution in [0.25, 0.3) is 0 Å². The van der Waals surface area contributed by atoms with E-state index < -0.39 is 6.09 Å². The molecule has 0 atom stereocenters. The van der Waals surface area contributed by atoms with Crippen LogP contribution in [0.4, 0.5) is 4.79 Å². The standard InChI is InChI=1S/C15H22N4O2/c16-10-12-4-6-13(7-5-12)11-21-15(20)18-14(17)19-8-2-1-3-9-19/h4-7H,1-3,8-11,16H2,(H2,17,18,20). The molecule has 0 saturated carbocycles. The third-order valence-electron chi connectivity index (χ3n) is 3.51. The number of hydrogen-bond acceptors (Lipinski definition) is 3. The number of carbonyl (C=O) groups is 1.